The van der Waals surface area contributed by atoms with Crippen molar-refractivity contribution in [3.63, 3.8) is 0 Å². The van der Waals surface area contributed by atoms with Crippen molar-refractivity contribution in [1.29, 1.82) is 0 Å². The van der Waals surface area contributed by atoms with Gasteiger partial charge in [-0.05, 0) is 56.0 Å². The summed E-state index contributed by atoms with van der Waals surface area (Å²) in [5.41, 5.74) is 3.64. The Hall–Kier alpha value is -3.09. The SMILES string of the molecule is Cc1c(OCCN(CCCF)C(O)(O)O)ccc(F)c1C1c2[nH]c3ccccc3c2C[C@@H](C)N1CC(C)C(=O)O. The molecular formula is C29H37F2N3O6. The number of H-pyrrole nitrogens is 1. The smallest absolute Gasteiger partial charge is 0.345 e. The van der Waals surface area contributed by atoms with Crippen molar-refractivity contribution < 1.29 is 38.7 Å². The molecule has 3 aromatic rings. The molecule has 218 valence electrons. The number of rotatable bonds is 12. The van der Waals surface area contributed by atoms with E-state index in [0.717, 1.165) is 27.1 Å². The van der Waals surface area contributed by atoms with E-state index >= 15 is 4.39 Å². The summed E-state index contributed by atoms with van der Waals surface area (Å²) in [7, 11) is 0. The van der Waals surface area contributed by atoms with Crippen LogP contribution >= 0.6 is 0 Å². The number of nitrogens with one attached hydrogen (secondary N) is 1. The standard InChI is InChI=1S/C29H37F2N3O6/c1-17(28(35)36)16-34-18(2)15-21-20-7-4-5-8-23(20)32-26(21)27(34)25-19(3)24(10-9-22(25)31)40-14-13-33(12-6-11-30)29(37,38)39/h4-5,7-10,17-18,27,32,37-39H,6,11-16H2,1-3H3,(H,35,36)/t17?,18-,27?/m1/s1. The predicted molar refractivity (Wildman–Crippen MR) is 145 cm³/mol. The lowest BCUT2D eigenvalue weighted by atomic mass is 9.86. The van der Waals surface area contributed by atoms with Gasteiger partial charge in [0.15, 0.2) is 0 Å². The fourth-order valence-corrected chi connectivity index (χ4v) is 5.59. The zero-order chi connectivity index (χ0) is 29.2. The van der Waals surface area contributed by atoms with Crippen molar-refractivity contribution in [3.05, 3.63) is 64.6 Å². The number of benzene rings is 2. The predicted octanol–water partition coefficient (Wildman–Crippen LogP) is 3.30. The molecule has 5 N–H and O–H groups in total. The third kappa shape index (κ3) is 6.13. The molecule has 11 heteroatoms. The highest BCUT2D eigenvalue weighted by Gasteiger charge is 2.39. The summed E-state index contributed by atoms with van der Waals surface area (Å²) in [6, 6.07) is 9.93. The van der Waals surface area contributed by atoms with Gasteiger partial charge in [-0.1, -0.05) is 25.1 Å². The van der Waals surface area contributed by atoms with Gasteiger partial charge in [0.2, 0.25) is 0 Å². The van der Waals surface area contributed by atoms with Crippen LogP contribution in [-0.4, -0.2) is 86.2 Å². The molecule has 40 heavy (non-hydrogen) atoms. The Bertz CT molecular complexity index is 1340. The fraction of sp³-hybridized carbons (Fsp3) is 0.483. The van der Waals surface area contributed by atoms with Crippen LogP contribution in [0, 0.1) is 18.7 Å². The quantitative estimate of drug-likeness (QED) is 0.213. The molecule has 0 fully saturated rings. The van der Waals surface area contributed by atoms with E-state index < -0.39 is 36.5 Å². The molecule has 1 aliphatic heterocycles. The maximum Gasteiger partial charge on any atom is 0.345 e. The van der Waals surface area contributed by atoms with Crippen LogP contribution in [0.4, 0.5) is 8.78 Å². The zero-order valence-electron chi connectivity index (χ0n) is 22.9. The molecule has 0 radical (unpaired) electrons. The first kappa shape index (κ1) is 29.9. The lowest BCUT2D eigenvalue weighted by Gasteiger charge is -2.42. The average molecular weight is 562 g/mol. The summed E-state index contributed by atoms with van der Waals surface area (Å²) in [5.74, 6) is -1.74. The Balaban J connectivity index is 1.73. The number of nitrogens with zero attached hydrogens (tertiary/aromatic N) is 2. The Morgan fingerprint density at radius 3 is 2.62 bits per heavy atom. The molecule has 0 amide bonds. The maximum absolute atomic E-state index is 15.8. The van der Waals surface area contributed by atoms with Crippen LogP contribution in [0.15, 0.2) is 36.4 Å². The number of aromatic amines is 1. The first-order chi connectivity index (χ1) is 18.9. The first-order valence-corrected chi connectivity index (χ1v) is 13.4. The second kappa shape index (κ2) is 12.2. The molecule has 0 bridgehead atoms. The summed E-state index contributed by atoms with van der Waals surface area (Å²) in [6.45, 7) is 4.53. The van der Waals surface area contributed by atoms with Gasteiger partial charge >= 0.3 is 12.1 Å². The van der Waals surface area contributed by atoms with Gasteiger partial charge < -0.3 is 30.1 Å². The molecule has 9 nitrogen and oxygen atoms in total. The van der Waals surface area contributed by atoms with Gasteiger partial charge in [0.25, 0.3) is 0 Å². The van der Waals surface area contributed by atoms with E-state index in [9.17, 15) is 29.6 Å². The van der Waals surface area contributed by atoms with Crippen LogP contribution in [0.2, 0.25) is 0 Å². The van der Waals surface area contributed by atoms with Crippen LogP contribution in [0.5, 0.6) is 5.75 Å². The van der Waals surface area contributed by atoms with Crippen LogP contribution in [-0.2, 0) is 11.2 Å². The molecule has 1 aromatic heterocycles. The number of alkyl halides is 1. The van der Waals surface area contributed by atoms with Crippen molar-refractivity contribution in [2.75, 3.05) is 32.9 Å². The van der Waals surface area contributed by atoms with Crippen molar-refractivity contribution in [1.82, 2.24) is 14.8 Å². The van der Waals surface area contributed by atoms with Crippen molar-refractivity contribution in [3.8, 4) is 5.75 Å². The number of hydrogen-bond donors (Lipinski definition) is 5. The normalized spacial score (nSPS) is 18.7. The van der Waals surface area contributed by atoms with E-state index in [1.54, 1.807) is 13.8 Å². The van der Waals surface area contributed by atoms with Crippen molar-refractivity contribution in [2.45, 2.75) is 51.8 Å². The highest BCUT2D eigenvalue weighted by molar-refractivity contribution is 5.85. The van der Waals surface area contributed by atoms with E-state index in [1.165, 1.54) is 12.1 Å². The Kier molecular flexibility index (Phi) is 9.11. The Labute approximate surface area is 231 Å². The molecule has 0 saturated heterocycles. The van der Waals surface area contributed by atoms with Gasteiger partial charge in [0.05, 0.1) is 18.6 Å². The van der Waals surface area contributed by atoms with Crippen molar-refractivity contribution in [2.24, 2.45) is 5.92 Å². The second-order valence-corrected chi connectivity index (χ2v) is 10.5. The zero-order valence-corrected chi connectivity index (χ0v) is 22.9. The van der Waals surface area contributed by atoms with Gasteiger partial charge in [0.1, 0.15) is 18.2 Å². The Morgan fingerprint density at radius 2 is 1.95 bits per heavy atom. The third-order valence-electron chi connectivity index (χ3n) is 7.71. The summed E-state index contributed by atoms with van der Waals surface area (Å²) in [6.07, 6.45) is -2.48. The average Bonchev–Trinajstić information content (AvgIpc) is 3.26. The molecule has 4 rings (SSSR count). The molecule has 0 aliphatic carbocycles. The van der Waals surface area contributed by atoms with Gasteiger partial charge in [0, 0.05) is 47.8 Å². The lowest BCUT2D eigenvalue weighted by molar-refractivity contribution is -0.393. The number of fused-ring (bicyclic) bond motifs is 3. The lowest BCUT2D eigenvalue weighted by Crippen LogP contribution is -2.50. The minimum absolute atomic E-state index is 0.0134. The highest BCUT2D eigenvalue weighted by Crippen LogP contribution is 2.44. The van der Waals surface area contributed by atoms with Gasteiger partial charge in [-0.25, -0.2) is 9.29 Å². The number of ether oxygens (including phenoxy) is 1. The van der Waals surface area contributed by atoms with Crippen LogP contribution in [0.25, 0.3) is 10.9 Å². The third-order valence-corrected chi connectivity index (χ3v) is 7.71. The number of hydrogen-bond acceptors (Lipinski definition) is 7. The summed E-state index contributed by atoms with van der Waals surface area (Å²) < 4.78 is 34.3. The summed E-state index contributed by atoms with van der Waals surface area (Å²) in [5, 5.41) is 39.5. The van der Waals surface area contributed by atoms with E-state index in [-0.39, 0.29) is 38.7 Å². The monoisotopic (exact) mass is 561 g/mol. The van der Waals surface area contributed by atoms with Gasteiger partial charge in [-0.3, -0.25) is 14.1 Å². The van der Waals surface area contributed by atoms with Crippen LogP contribution in [0.1, 0.15) is 48.7 Å². The summed E-state index contributed by atoms with van der Waals surface area (Å²) >= 11 is 0. The molecular weight excluding hydrogens is 524 g/mol. The number of carbonyl (C=O) groups is 1. The number of para-hydroxylation sites is 1. The Morgan fingerprint density at radius 1 is 1.23 bits per heavy atom. The molecule has 2 aromatic carbocycles. The number of aliphatic carboxylic acids is 1. The minimum Gasteiger partial charge on any atom is -0.492 e. The number of halogens is 2. The summed E-state index contributed by atoms with van der Waals surface area (Å²) in [4.78, 5) is 18.1. The fourth-order valence-electron chi connectivity index (χ4n) is 5.59. The number of carboxylic acids is 1. The largest absolute Gasteiger partial charge is 0.492 e. The van der Waals surface area contributed by atoms with E-state index in [2.05, 4.69) is 4.98 Å². The van der Waals surface area contributed by atoms with Crippen LogP contribution < -0.4 is 4.74 Å². The van der Waals surface area contributed by atoms with Crippen molar-refractivity contribution >= 4 is 16.9 Å². The van der Waals surface area contributed by atoms with Gasteiger partial charge in [-0.15, -0.1) is 0 Å². The van der Waals surface area contributed by atoms with E-state index in [4.69, 9.17) is 4.74 Å². The highest BCUT2D eigenvalue weighted by atomic mass is 19.1. The second-order valence-electron chi connectivity index (χ2n) is 10.5. The van der Waals surface area contributed by atoms with E-state index in [1.807, 2.05) is 36.1 Å². The topological polar surface area (TPSA) is 129 Å². The molecule has 2 unspecified atom stereocenters. The molecule has 0 spiro atoms. The first-order valence-electron chi connectivity index (χ1n) is 13.4. The van der Waals surface area contributed by atoms with E-state index in [0.29, 0.717) is 23.3 Å². The molecule has 3 atom stereocenters. The van der Waals surface area contributed by atoms with Gasteiger partial charge in [-0.2, -0.15) is 0 Å². The number of aliphatic hydroxyl groups is 3. The molecule has 0 saturated carbocycles. The molecule has 2 heterocycles. The minimum atomic E-state index is -3.13. The number of aromatic nitrogens is 1. The molecule has 1 aliphatic rings. The van der Waals surface area contributed by atoms with Crippen LogP contribution in [0.3, 0.4) is 0 Å². The number of carboxylic acid groups (broad SMARTS) is 1. The maximum atomic E-state index is 15.8.